The Bertz CT molecular complexity index is 597. The van der Waals surface area contributed by atoms with Crippen molar-refractivity contribution in [1.82, 2.24) is 4.90 Å². The summed E-state index contributed by atoms with van der Waals surface area (Å²) >= 11 is 0. The van der Waals surface area contributed by atoms with Crippen molar-refractivity contribution in [1.29, 1.82) is 0 Å². The van der Waals surface area contributed by atoms with E-state index in [1.807, 2.05) is 0 Å². The number of carbonyl (C=O) groups is 2. The first kappa shape index (κ1) is 17.0. The van der Waals surface area contributed by atoms with E-state index in [0.717, 1.165) is 25.7 Å². The van der Waals surface area contributed by atoms with Gasteiger partial charge in [-0.15, -0.1) is 0 Å². The quantitative estimate of drug-likeness (QED) is 0.806. The number of carbonyl (C=O) groups excluding carboxylic acids is 2. The van der Waals surface area contributed by atoms with Crippen LogP contribution in [0.3, 0.4) is 0 Å². The molecule has 2 aliphatic rings. The smallest absolute Gasteiger partial charge is 0.233 e. The number of hydrogen-bond acceptors (Lipinski definition) is 4. The van der Waals surface area contributed by atoms with Crippen LogP contribution in [0.25, 0.3) is 0 Å². The van der Waals surface area contributed by atoms with Crippen LogP contribution in [0.1, 0.15) is 31.2 Å². The normalized spacial score (nSPS) is 25.0. The highest BCUT2D eigenvalue weighted by molar-refractivity contribution is 6.05. The maximum Gasteiger partial charge on any atom is 0.233 e. The third kappa shape index (κ3) is 3.49. The molecule has 6 heteroatoms. The minimum Gasteiger partial charge on any atom is -0.389 e. The highest BCUT2D eigenvalue weighted by atomic mass is 19.1. The van der Waals surface area contributed by atoms with Crippen LogP contribution < -0.4 is 0 Å². The van der Waals surface area contributed by atoms with Crippen molar-refractivity contribution in [3.63, 3.8) is 0 Å². The van der Waals surface area contributed by atoms with Gasteiger partial charge < -0.3 is 9.84 Å². The molecule has 3 atom stereocenters. The fraction of sp³-hybridized carbons (Fsp3) is 0.556. The van der Waals surface area contributed by atoms with Crippen molar-refractivity contribution in [3.05, 3.63) is 35.6 Å². The van der Waals surface area contributed by atoms with Gasteiger partial charge in [-0.25, -0.2) is 4.39 Å². The molecule has 1 aromatic carbocycles. The van der Waals surface area contributed by atoms with Crippen molar-refractivity contribution >= 4 is 11.8 Å². The van der Waals surface area contributed by atoms with Gasteiger partial charge in [0, 0.05) is 5.56 Å². The van der Waals surface area contributed by atoms with Crippen LogP contribution in [0.4, 0.5) is 4.39 Å². The molecule has 0 bridgehead atoms. The SMILES string of the molecule is O=C1C2CCCCC2C(=O)N1CC(O)COCc1ccccc1F. The summed E-state index contributed by atoms with van der Waals surface area (Å²) in [5.74, 6) is -1.12. The molecule has 5 nitrogen and oxygen atoms in total. The topological polar surface area (TPSA) is 66.8 Å². The van der Waals surface area contributed by atoms with E-state index in [-0.39, 0.29) is 49.2 Å². The Labute approximate surface area is 140 Å². The van der Waals surface area contributed by atoms with Crippen LogP contribution in [-0.2, 0) is 20.9 Å². The minimum atomic E-state index is -0.968. The molecule has 3 unspecified atom stereocenters. The zero-order chi connectivity index (χ0) is 17.1. The van der Waals surface area contributed by atoms with Crippen molar-refractivity contribution in [2.45, 2.75) is 38.4 Å². The monoisotopic (exact) mass is 335 g/mol. The van der Waals surface area contributed by atoms with E-state index in [4.69, 9.17) is 4.74 Å². The summed E-state index contributed by atoms with van der Waals surface area (Å²) in [5, 5.41) is 10.1. The van der Waals surface area contributed by atoms with Gasteiger partial charge in [0.15, 0.2) is 0 Å². The maximum absolute atomic E-state index is 13.5. The van der Waals surface area contributed by atoms with Gasteiger partial charge >= 0.3 is 0 Å². The van der Waals surface area contributed by atoms with Gasteiger partial charge in [-0.3, -0.25) is 14.5 Å². The van der Waals surface area contributed by atoms with Gasteiger partial charge in [-0.2, -0.15) is 0 Å². The summed E-state index contributed by atoms with van der Waals surface area (Å²) < 4.78 is 18.8. The molecule has 130 valence electrons. The van der Waals surface area contributed by atoms with Crippen molar-refractivity contribution < 1.29 is 23.8 Å². The van der Waals surface area contributed by atoms with Crippen LogP contribution in [0.2, 0.25) is 0 Å². The van der Waals surface area contributed by atoms with E-state index in [1.165, 1.54) is 11.0 Å². The number of imide groups is 1. The first-order valence-electron chi connectivity index (χ1n) is 8.42. The summed E-state index contributed by atoms with van der Waals surface area (Å²) in [6.07, 6.45) is 2.49. The number of nitrogens with zero attached hydrogens (tertiary/aromatic N) is 1. The maximum atomic E-state index is 13.5. The number of aliphatic hydroxyl groups excluding tert-OH is 1. The molecule has 1 heterocycles. The number of benzene rings is 1. The summed E-state index contributed by atoms with van der Waals surface area (Å²) in [4.78, 5) is 25.8. The molecule has 0 aromatic heterocycles. The van der Waals surface area contributed by atoms with Crippen LogP contribution in [0.15, 0.2) is 24.3 Å². The molecule has 1 aliphatic carbocycles. The lowest BCUT2D eigenvalue weighted by Gasteiger charge is -2.19. The van der Waals surface area contributed by atoms with Crippen LogP contribution in [-0.4, -0.2) is 41.1 Å². The van der Waals surface area contributed by atoms with Crippen LogP contribution in [0.5, 0.6) is 0 Å². The number of likely N-dealkylation sites (tertiary alicyclic amines) is 1. The number of β-amino-alcohol motifs (C(OH)–C–C–N with tert-alkyl or cyclic N) is 1. The standard InChI is InChI=1S/C18H22FNO4/c19-16-8-4-1-5-12(16)10-24-11-13(21)9-20-17(22)14-6-2-3-7-15(14)18(20)23/h1,4-5,8,13-15,21H,2-3,6-7,9-11H2. The second-order valence-corrected chi connectivity index (χ2v) is 6.54. The van der Waals surface area contributed by atoms with Crippen molar-refractivity contribution in [2.75, 3.05) is 13.2 Å². The number of hydrogen-bond donors (Lipinski definition) is 1. The van der Waals surface area contributed by atoms with E-state index in [2.05, 4.69) is 0 Å². The predicted molar refractivity (Wildman–Crippen MR) is 84.2 cm³/mol. The van der Waals surface area contributed by atoms with Crippen LogP contribution in [0, 0.1) is 17.7 Å². The van der Waals surface area contributed by atoms with E-state index in [1.54, 1.807) is 18.2 Å². The highest BCUT2D eigenvalue weighted by Gasteiger charge is 2.48. The van der Waals surface area contributed by atoms with E-state index in [0.29, 0.717) is 5.56 Å². The second-order valence-electron chi connectivity index (χ2n) is 6.54. The predicted octanol–water partition coefficient (Wildman–Crippen LogP) is 1.88. The number of fused-ring (bicyclic) bond motifs is 1. The Morgan fingerprint density at radius 3 is 2.42 bits per heavy atom. The molecular weight excluding hydrogens is 313 g/mol. The number of halogens is 1. The third-order valence-electron chi connectivity index (χ3n) is 4.85. The molecule has 1 saturated carbocycles. The second kappa shape index (κ2) is 7.40. The fourth-order valence-corrected chi connectivity index (χ4v) is 3.59. The molecular formula is C18H22FNO4. The summed E-state index contributed by atoms with van der Waals surface area (Å²) in [5.41, 5.74) is 0.407. The number of amides is 2. The molecule has 1 aromatic rings. The molecule has 2 amide bonds. The Hall–Kier alpha value is -1.79. The molecule has 3 rings (SSSR count). The molecule has 1 saturated heterocycles. The first-order chi connectivity index (χ1) is 11.6. The average Bonchev–Trinajstić information content (AvgIpc) is 2.82. The lowest BCUT2D eigenvalue weighted by molar-refractivity contribution is -0.142. The molecule has 1 aliphatic heterocycles. The highest BCUT2D eigenvalue weighted by Crippen LogP contribution is 2.37. The first-order valence-corrected chi connectivity index (χ1v) is 8.42. The Morgan fingerprint density at radius 2 is 1.79 bits per heavy atom. The molecule has 0 radical (unpaired) electrons. The summed E-state index contributed by atoms with van der Waals surface area (Å²) in [6.45, 7) is -0.0699. The van der Waals surface area contributed by atoms with Crippen LogP contribution >= 0.6 is 0 Å². The molecule has 2 fully saturated rings. The third-order valence-corrected chi connectivity index (χ3v) is 4.85. The number of aliphatic hydroxyl groups is 1. The van der Waals surface area contributed by atoms with Gasteiger partial charge in [0.05, 0.1) is 37.7 Å². The van der Waals surface area contributed by atoms with Gasteiger partial charge in [0.25, 0.3) is 0 Å². The van der Waals surface area contributed by atoms with Gasteiger partial charge in [-0.05, 0) is 18.9 Å². The van der Waals surface area contributed by atoms with Gasteiger partial charge in [0.1, 0.15) is 5.82 Å². The van der Waals surface area contributed by atoms with E-state index >= 15 is 0 Å². The van der Waals surface area contributed by atoms with E-state index in [9.17, 15) is 19.1 Å². The molecule has 0 spiro atoms. The lowest BCUT2D eigenvalue weighted by atomic mass is 9.81. The Kier molecular flexibility index (Phi) is 5.26. The van der Waals surface area contributed by atoms with Gasteiger partial charge in [0.2, 0.25) is 11.8 Å². The molecule has 24 heavy (non-hydrogen) atoms. The summed E-state index contributed by atoms with van der Waals surface area (Å²) in [6, 6.07) is 6.26. The van der Waals surface area contributed by atoms with Crippen molar-refractivity contribution in [3.8, 4) is 0 Å². The minimum absolute atomic E-state index is 0.0386. The van der Waals surface area contributed by atoms with Crippen molar-refractivity contribution in [2.24, 2.45) is 11.8 Å². The average molecular weight is 335 g/mol. The largest absolute Gasteiger partial charge is 0.389 e. The zero-order valence-corrected chi connectivity index (χ0v) is 13.5. The summed E-state index contributed by atoms with van der Waals surface area (Å²) in [7, 11) is 0. The number of rotatable bonds is 6. The fourth-order valence-electron chi connectivity index (χ4n) is 3.59. The van der Waals surface area contributed by atoms with Gasteiger partial charge in [-0.1, -0.05) is 31.0 Å². The lowest BCUT2D eigenvalue weighted by Crippen LogP contribution is -2.39. The number of ether oxygens (including phenoxy) is 1. The zero-order valence-electron chi connectivity index (χ0n) is 13.5. The molecule has 1 N–H and O–H groups in total. The van der Waals surface area contributed by atoms with E-state index < -0.39 is 6.10 Å². The Balaban J connectivity index is 1.50. The Morgan fingerprint density at radius 1 is 1.17 bits per heavy atom.